The first kappa shape index (κ1) is 20.2. The van der Waals surface area contributed by atoms with Gasteiger partial charge in [-0.1, -0.05) is 11.6 Å². The van der Waals surface area contributed by atoms with E-state index in [4.69, 9.17) is 11.6 Å². The van der Waals surface area contributed by atoms with Crippen LogP contribution >= 0.6 is 11.6 Å². The number of aromatic nitrogens is 1. The minimum absolute atomic E-state index is 0.0182. The molecule has 3 heterocycles. The Morgan fingerprint density at radius 2 is 1.93 bits per heavy atom. The number of aliphatic hydroxyl groups excluding tert-OH is 1. The molecule has 9 heteroatoms. The van der Waals surface area contributed by atoms with E-state index in [0.29, 0.717) is 38.3 Å². The number of hydrogen-bond acceptors (Lipinski definition) is 4. The molecule has 27 heavy (non-hydrogen) atoms. The van der Waals surface area contributed by atoms with E-state index >= 15 is 0 Å². The van der Waals surface area contributed by atoms with Gasteiger partial charge in [0.1, 0.15) is 5.82 Å². The number of pyridine rings is 1. The molecule has 2 aliphatic rings. The molecule has 0 saturated carbocycles. The van der Waals surface area contributed by atoms with Crippen molar-refractivity contribution in [2.45, 2.75) is 44.3 Å². The van der Waals surface area contributed by atoms with Crippen LogP contribution in [-0.4, -0.2) is 53.2 Å². The van der Waals surface area contributed by atoms with Crippen LogP contribution in [0.25, 0.3) is 0 Å². The third-order valence-corrected chi connectivity index (χ3v) is 5.69. The van der Waals surface area contributed by atoms with Crippen molar-refractivity contribution in [3.8, 4) is 0 Å². The first-order valence-corrected chi connectivity index (χ1v) is 9.58. The Morgan fingerprint density at radius 1 is 1.22 bits per heavy atom. The highest BCUT2D eigenvalue weighted by Gasteiger charge is 2.35. The molecule has 0 spiro atoms. The highest BCUT2D eigenvalue weighted by atomic mass is 35.5. The maximum Gasteiger partial charge on any atom is 0.417 e. The number of likely N-dealkylation sites (tertiary alicyclic amines) is 1. The number of aliphatic hydroxyl groups is 1. The Labute approximate surface area is 161 Å². The van der Waals surface area contributed by atoms with Gasteiger partial charge in [0.15, 0.2) is 0 Å². The molecule has 0 unspecified atom stereocenters. The van der Waals surface area contributed by atoms with Crippen LogP contribution < -0.4 is 4.90 Å². The van der Waals surface area contributed by atoms with Crippen LogP contribution in [0.2, 0.25) is 5.02 Å². The Balaban J connectivity index is 1.62. The number of piperidine rings is 2. The van der Waals surface area contributed by atoms with Gasteiger partial charge in [-0.3, -0.25) is 4.79 Å². The van der Waals surface area contributed by atoms with Gasteiger partial charge in [-0.05, 0) is 38.2 Å². The van der Waals surface area contributed by atoms with Gasteiger partial charge in [0.2, 0.25) is 5.91 Å². The van der Waals surface area contributed by atoms with Crippen molar-refractivity contribution in [2.75, 3.05) is 31.1 Å². The lowest BCUT2D eigenvalue weighted by Gasteiger charge is -2.39. The highest BCUT2D eigenvalue weighted by Crippen LogP contribution is 2.35. The van der Waals surface area contributed by atoms with Crippen molar-refractivity contribution in [1.29, 1.82) is 0 Å². The predicted octanol–water partition coefficient (Wildman–Crippen LogP) is 3.34. The van der Waals surface area contributed by atoms with Crippen molar-refractivity contribution < 1.29 is 23.1 Å². The molecule has 1 amide bonds. The van der Waals surface area contributed by atoms with Crippen LogP contribution in [0.4, 0.5) is 19.0 Å². The molecular formula is C18H23ClF3N3O2. The average molecular weight is 406 g/mol. The zero-order valence-corrected chi connectivity index (χ0v) is 15.6. The van der Waals surface area contributed by atoms with Crippen molar-refractivity contribution in [2.24, 2.45) is 5.92 Å². The van der Waals surface area contributed by atoms with E-state index in [1.807, 2.05) is 4.90 Å². The minimum atomic E-state index is -4.48. The smallest absolute Gasteiger partial charge is 0.394 e. The largest absolute Gasteiger partial charge is 0.417 e. The summed E-state index contributed by atoms with van der Waals surface area (Å²) >= 11 is 6.02. The topological polar surface area (TPSA) is 56.7 Å². The summed E-state index contributed by atoms with van der Waals surface area (Å²) in [5.41, 5.74) is -0.874. The Bertz CT molecular complexity index is 678. The Hall–Kier alpha value is -1.54. The molecule has 0 aliphatic carbocycles. The summed E-state index contributed by atoms with van der Waals surface area (Å²) in [6.45, 7) is 1.67. The zero-order chi connectivity index (χ0) is 19.6. The second kappa shape index (κ2) is 8.22. The summed E-state index contributed by atoms with van der Waals surface area (Å²) in [6.07, 6.45) is 0.285. The van der Waals surface area contributed by atoms with E-state index in [1.54, 1.807) is 4.90 Å². The lowest BCUT2D eigenvalue weighted by molar-refractivity contribution is -0.141. The van der Waals surface area contributed by atoms with Crippen LogP contribution in [0.15, 0.2) is 12.3 Å². The first-order valence-electron chi connectivity index (χ1n) is 9.20. The van der Waals surface area contributed by atoms with Gasteiger partial charge in [-0.2, -0.15) is 13.2 Å². The molecule has 3 rings (SSSR count). The van der Waals surface area contributed by atoms with Crippen LogP contribution in [0.5, 0.6) is 0 Å². The molecule has 0 bridgehead atoms. The minimum Gasteiger partial charge on any atom is -0.394 e. The van der Waals surface area contributed by atoms with E-state index < -0.39 is 11.7 Å². The summed E-state index contributed by atoms with van der Waals surface area (Å²) in [5, 5.41) is 9.47. The standard InChI is InChI=1S/C18H23ClF3N3O2/c19-15-9-13(18(20,21)22)10-23-16(15)24-7-4-12(5-8-24)17(27)25-6-2-1-3-14(25)11-26/h9-10,12,14,26H,1-8,11H2/t14-/m0/s1. The Morgan fingerprint density at radius 3 is 2.52 bits per heavy atom. The normalized spacial score (nSPS) is 22.2. The number of anilines is 1. The molecule has 5 nitrogen and oxygen atoms in total. The van der Waals surface area contributed by atoms with E-state index in [-0.39, 0.29) is 29.5 Å². The fourth-order valence-corrected chi connectivity index (χ4v) is 4.16. The summed E-state index contributed by atoms with van der Waals surface area (Å²) < 4.78 is 38.2. The molecular weight excluding hydrogens is 383 g/mol. The van der Waals surface area contributed by atoms with E-state index in [0.717, 1.165) is 31.5 Å². The summed E-state index contributed by atoms with van der Waals surface area (Å²) in [7, 11) is 0. The third-order valence-electron chi connectivity index (χ3n) is 5.41. The quantitative estimate of drug-likeness (QED) is 0.838. The number of alkyl halides is 3. The zero-order valence-electron chi connectivity index (χ0n) is 14.9. The number of nitrogens with zero attached hydrogens (tertiary/aromatic N) is 3. The Kier molecular flexibility index (Phi) is 6.15. The van der Waals surface area contributed by atoms with Crippen LogP contribution in [0.1, 0.15) is 37.7 Å². The van der Waals surface area contributed by atoms with Gasteiger partial charge in [-0.25, -0.2) is 4.98 Å². The van der Waals surface area contributed by atoms with E-state index in [9.17, 15) is 23.1 Å². The van der Waals surface area contributed by atoms with Crippen LogP contribution in [0.3, 0.4) is 0 Å². The number of amides is 1. The molecule has 1 N–H and O–H groups in total. The van der Waals surface area contributed by atoms with Crippen LogP contribution in [0, 0.1) is 5.92 Å². The molecule has 2 saturated heterocycles. The molecule has 1 aromatic heterocycles. The van der Waals surface area contributed by atoms with E-state index in [1.165, 1.54) is 0 Å². The predicted molar refractivity (Wildman–Crippen MR) is 95.6 cm³/mol. The van der Waals surface area contributed by atoms with Crippen molar-refractivity contribution in [3.05, 3.63) is 22.8 Å². The number of hydrogen-bond donors (Lipinski definition) is 1. The SMILES string of the molecule is O=C(C1CCN(c2ncc(C(F)(F)F)cc2Cl)CC1)N1CCCC[C@H]1CO. The summed E-state index contributed by atoms with van der Waals surface area (Å²) in [5.74, 6) is 0.253. The van der Waals surface area contributed by atoms with Crippen molar-refractivity contribution in [1.82, 2.24) is 9.88 Å². The van der Waals surface area contributed by atoms with Crippen LogP contribution in [-0.2, 0) is 11.0 Å². The highest BCUT2D eigenvalue weighted by molar-refractivity contribution is 6.33. The number of carbonyl (C=O) groups is 1. The molecule has 0 radical (unpaired) electrons. The maximum absolute atomic E-state index is 12.8. The molecule has 2 aliphatic heterocycles. The number of halogens is 4. The average Bonchev–Trinajstić information content (AvgIpc) is 2.67. The molecule has 2 fully saturated rings. The van der Waals surface area contributed by atoms with Gasteiger partial charge < -0.3 is 14.9 Å². The van der Waals surface area contributed by atoms with Gasteiger partial charge >= 0.3 is 6.18 Å². The van der Waals surface area contributed by atoms with E-state index in [2.05, 4.69) is 4.98 Å². The maximum atomic E-state index is 12.8. The molecule has 1 aromatic rings. The van der Waals surface area contributed by atoms with Crippen molar-refractivity contribution in [3.63, 3.8) is 0 Å². The number of rotatable bonds is 3. The van der Waals surface area contributed by atoms with Gasteiger partial charge in [0.25, 0.3) is 0 Å². The van der Waals surface area contributed by atoms with Gasteiger partial charge in [0.05, 0.1) is 23.2 Å². The first-order chi connectivity index (χ1) is 12.8. The van der Waals surface area contributed by atoms with Gasteiger partial charge in [0, 0.05) is 31.7 Å². The fraction of sp³-hybridized carbons (Fsp3) is 0.667. The van der Waals surface area contributed by atoms with Crippen molar-refractivity contribution >= 4 is 23.3 Å². The second-order valence-corrected chi connectivity index (χ2v) is 7.56. The summed E-state index contributed by atoms with van der Waals surface area (Å²) in [4.78, 5) is 20.3. The van der Waals surface area contributed by atoms with Gasteiger partial charge in [-0.15, -0.1) is 0 Å². The lowest BCUT2D eigenvalue weighted by Crippen LogP contribution is -2.50. The molecule has 1 atom stereocenters. The third kappa shape index (κ3) is 4.48. The number of carbonyl (C=O) groups excluding carboxylic acids is 1. The summed E-state index contributed by atoms with van der Waals surface area (Å²) in [6, 6.07) is 0.788. The monoisotopic (exact) mass is 405 g/mol. The second-order valence-electron chi connectivity index (χ2n) is 7.15. The molecule has 0 aromatic carbocycles. The lowest BCUT2D eigenvalue weighted by atomic mass is 9.92. The fourth-order valence-electron chi connectivity index (χ4n) is 3.87. The molecule has 150 valence electrons.